The molecule has 1 heterocycles. The first-order valence-corrected chi connectivity index (χ1v) is 7.19. The van der Waals surface area contributed by atoms with Gasteiger partial charge >= 0.3 is 0 Å². The zero-order chi connectivity index (χ0) is 12.1. The van der Waals surface area contributed by atoms with Crippen LogP contribution in [0.4, 0.5) is 0 Å². The molecule has 1 atom stereocenters. The van der Waals surface area contributed by atoms with Crippen LogP contribution >= 0.6 is 0 Å². The molecule has 1 unspecified atom stereocenters. The number of nitrogens with one attached hydrogen (secondary N) is 1. The van der Waals surface area contributed by atoms with Crippen molar-refractivity contribution in [3.8, 4) is 0 Å². The van der Waals surface area contributed by atoms with Gasteiger partial charge in [0.2, 0.25) is 0 Å². The van der Waals surface area contributed by atoms with Crippen LogP contribution in [0.2, 0.25) is 0 Å². The Balaban J connectivity index is 1.93. The molecule has 0 aromatic heterocycles. The standard InChI is InChI=1S/C14H26N2O/c1-17-13(12-8-4-2-5-9-12)14(15)16-10-6-3-7-11-16/h12-13,15H,2-11H2,1H3. The van der Waals surface area contributed by atoms with Crippen molar-refractivity contribution in [1.82, 2.24) is 4.90 Å². The van der Waals surface area contributed by atoms with E-state index in [2.05, 4.69) is 4.90 Å². The summed E-state index contributed by atoms with van der Waals surface area (Å²) in [6.45, 7) is 2.12. The first-order valence-electron chi connectivity index (χ1n) is 7.19. The van der Waals surface area contributed by atoms with Crippen LogP contribution in [-0.2, 0) is 4.74 Å². The van der Waals surface area contributed by atoms with Crippen LogP contribution in [0.3, 0.4) is 0 Å². The van der Waals surface area contributed by atoms with Gasteiger partial charge in [-0.15, -0.1) is 0 Å². The number of ether oxygens (including phenoxy) is 1. The Bertz CT molecular complexity index is 243. The van der Waals surface area contributed by atoms with Crippen molar-refractivity contribution in [2.24, 2.45) is 5.92 Å². The molecule has 2 fully saturated rings. The fourth-order valence-corrected chi connectivity index (χ4v) is 3.28. The maximum Gasteiger partial charge on any atom is 0.126 e. The van der Waals surface area contributed by atoms with Crippen molar-refractivity contribution in [3.05, 3.63) is 0 Å². The Morgan fingerprint density at radius 2 is 1.65 bits per heavy atom. The molecule has 0 radical (unpaired) electrons. The molecule has 98 valence electrons. The molecular weight excluding hydrogens is 212 g/mol. The van der Waals surface area contributed by atoms with E-state index in [9.17, 15) is 0 Å². The van der Waals surface area contributed by atoms with E-state index in [1.54, 1.807) is 7.11 Å². The van der Waals surface area contributed by atoms with Crippen molar-refractivity contribution in [2.45, 2.75) is 57.5 Å². The monoisotopic (exact) mass is 238 g/mol. The summed E-state index contributed by atoms with van der Waals surface area (Å²) < 4.78 is 5.64. The number of rotatable bonds is 3. The van der Waals surface area contributed by atoms with Gasteiger partial charge in [-0.25, -0.2) is 0 Å². The minimum Gasteiger partial charge on any atom is -0.373 e. The van der Waals surface area contributed by atoms with Crippen molar-refractivity contribution in [1.29, 1.82) is 5.41 Å². The predicted molar refractivity (Wildman–Crippen MR) is 70.5 cm³/mol. The molecule has 2 aliphatic rings. The topological polar surface area (TPSA) is 36.3 Å². The lowest BCUT2D eigenvalue weighted by molar-refractivity contribution is 0.0737. The van der Waals surface area contributed by atoms with E-state index >= 15 is 0 Å². The third-order valence-electron chi connectivity index (χ3n) is 4.30. The molecule has 1 saturated heterocycles. The van der Waals surface area contributed by atoms with Gasteiger partial charge in [0.15, 0.2) is 0 Å². The van der Waals surface area contributed by atoms with Gasteiger partial charge in [-0.2, -0.15) is 0 Å². The molecule has 17 heavy (non-hydrogen) atoms. The second kappa shape index (κ2) is 6.39. The van der Waals surface area contributed by atoms with E-state index in [0.717, 1.165) is 18.9 Å². The molecule has 0 amide bonds. The quantitative estimate of drug-likeness (QED) is 0.606. The first-order chi connectivity index (χ1) is 8.33. The zero-order valence-corrected chi connectivity index (χ0v) is 11.1. The van der Waals surface area contributed by atoms with Crippen molar-refractivity contribution < 1.29 is 4.74 Å². The minimum atomic E-state index is 0.0494. The molecule has 1 saturated carbocycles. The van der Waals surface area contributed by atoms with Crippen LogP contribution < -0.4 is 0 Å². The summed E-state index contributed by atoms with van der Waals surface area (Å²) in [5.74, 6) is 1.34. The third-order valence-corrected chi connectivity index (χ3v) is 4.30. The maximum atomic E-state index is 8.38. The molecule has 3 heteroatoms. The van der Waals surface area contributed by atoms with Crippen LogP contribution in [0.25, 0.3) is 0 Å². The highest BCUT2D eigenvalue weighted by atomic mass is 16.5. The average molecular weight is 238 g/mol. The van der Waals surface area contributed by atoms with Gasteiger partial charge in [-0.1, -0.05) is 19.3 Å². The van der Waals surface area contributed by atoms with E-state index in [0.29, 0.717) is 5.92 Å². The molecule has 0 aromatic carbocycles. The van der Waals surface area contributed by atoms with E-state index in [1.165, 1.54) is 51.4 Å². The molecule has 0 spiro atoms. The Labute approximate surface area is 105 Å². The largest absolute Gasteiger partial charge is 0.373 e. The smallest absolute Gasteiger partial charge is 0.126 e. The number of likely N-dealkylation sites (tertiary alicyclic amines) is 1. The van der Waals surface area contributed by atoms with Gasteiger partial charge in [0.05, 0.1) is 0 Å². The number of nitrogens with zero attached hydrogens (tertiary/aromatic N) is 1. The summed E-state index contributed by atoms with van der Waals surface area (Å²) in [6.07, 6.45) is 10.3. The second-order valence-electron chi connectivity index (χ2n) is 5.49. The Hall–Kier alpha value is -0.570. The van der Waals surface area contributed by atoms with Crippen molar-refractivity contribution >= 4 is 5.84 Å². The first kappa shape index (κ1) is 12.9. The van der Waals surface area contributed by atoms with E-state index in [1.807, 2.05) is 0 Å². The molecule has 0 bridgehead atoms. The minimum absolute atomic E-state index is 0.0494. The van der Waals surface area contributed by atoms with Crippen molar-refractivity contribution in [3.63, 3.8) is 0 Å². The molecule has 1 aliphatic heterocycles. The molecule has 1 N–H and O–H groups in total. The molecular formula is C14H26N2O. The lowest BCUT2D eigenvalue weighted by atomic mass is 9.84. The summed E-state index contributed by atoms with van der Waals surface area (Å²) in [7, 11) is 1.78. The highest BCUT2D eigenvalue weighted by Crippen LogP contribution is 2.29. The molecule has 3 nitrogen and oxygen atoms in total. The molecule has 1 aliphatic carbocycles. The predicted octanol–water partition coefficient (Wildman–Crippen LogP) is 3.04. The number of piperidine rings is 1. The number of amidine groups is 1. The lowest BCUT2D eigenvalue weighted by Crippen LogP contribution is -2.45. The highest BCUT2D eigenvalue weighted by molar-refractivity contribution is 5.84. The fourth-order valence-electron chi connectivity index (χ4n) is 3.28. The third kappa shape index (κ3) is 3.21. The van der Waals surface area contributed by atoms with Gasteiger partial charge in [-0.3, -0.25) is 5.41 Å². The normalized spacial score (nSPS) is 24.6. The van der Waals surface area contributed by atoms with Gasteiger partial charge in [-0.05, 0) is 38.0 Å². The van der Waals surface area contributed by atoms with E-state index < -0.39 is 0 Å². The lowest BCUT2D eigenvalue weighted by Gasteiger charge is -2.36. The van der Waals surface area contributed by atoms with Crippen LogP contribution in [0, 0.1) is 11.3 Å². The summed E-state index contributed by atoms with van der Waals surface area (Å²) in [4.78, 5) is 2.24. The van der Waals surface area contributed by atoms with E-state index in [4.69, 9.17) is 10.1 Å². The summed E-state index contributed by atoms with van der Waals surface area (Å²) >= 11 is 0. The van der Waals surface area contributed by atoms with E-state index in [-0.39, 0.29) is 6.10 Å². The Kier molecular flexibility index (Phi) is 4.84. The second-order valence-corrected chi connectivity index (χ2v) is 5.49. The van der Waals surface area contributed by atoms with Gasteiger partial charge in [0, 0.05) is 20.2 Å². The van der Waals surface area contributed by atoms with Crippen LogP contribution in [0.15, 0.2) is 0 Å². The summed E-state index contributed by atoms with van der Waals surface area (Å²) in [5, 5.41) is 8.38. The van der Waals surface area contributed by atoms with Crippen LogP contribution in [0.1, 0.15) is 51.4 Å². The summed E-state index contributed by atoms with van der Waals surface area (Å²) in [5.41, 5.74) is 0. The number of hydrogen-bond donors (Lipinski definition) is 1. The zero-order valence-electron chi connectivity index (χ0n) is 11.1. The van der Waals surface area contributed by atoms with Crippen LogP contribution in [-0.4, -0.2) is 37.0 Å². The SMILES string of the molecule is COC(C(=N)N1CCCCC1)C1CCCCC1. The van der Waals surface area contributed by atoms with Crippen molar-refractivity contribution in [2.75, 3.05) is 20.2 Å². The van der Waals surface area contributed by atoms with Gasteiger partial charge < -0.3 is 9.64 Å². The highest BCUT2D eigenvalue weighted by Gasteiger charge is 2.30. The summed E-state index contributed by atoms with van der Waals surface area (Å²) in [6, 6.07) is 0. The number of hydrogen-bond acceptors (Lipinski definition) is 2. The number of methoxy groups -OCH3 is 1. The average Bonchev–Trinajstić information content (AvgIpc) is 2.42. The molecule has 2 rings (SSSR count). The molecule has 0 aromatic rings. The van der Waals surface area contributed by atoms with Gasteiger partial charge in [0.1, 0.15) is 11.9 Å². The van der Waals surface area contributed by atoms with Crippen LogP contribution in [0.5, 0.6) is 0 Å². The maximum absolute atomic E-state index is 8.38. The fraction of sp³-hybridized carbons (Fsp3) is 0.929. The Morgan fingerprint density at radius 3 is 2.24 bits per heavy atom. The Morgan fingerprint density at radius 1 is 1.06 bits per heavy atom. The van der Waals surface area contributed by atoms with Gasteiger partial charge in [0.25, 0.3) is 0 Å².